The molecule has 1 aromatic carbocycles. The normalized spacial score (nSPS) is 11.1. The first kappa shape index (κ1) is 10.3. The van der Waals surface area contributed by atoms with Crippen molar-refractivity contribution in [3.05, 3.63) is 30.5 Å². The predicted octanol–water partition coefficient (Wildman–Crippen LogP) is 3.32. The van der Waals surface area contributed by atoms with E-state index in [0.29, 0.717) is 5.25 Å². The lowest BCUT2D eigenvalue weighted by atomic mass is 10.2. The highest BCUT2D eigenvalue weighted by Gasteiger charge is 2.06. The Morgan fingerprint density at radius 2 is 2.07 bits per heavy atom. The van der Waals surface area contributed by atoms with Gasteiger partial charge in [-0.1, -0.05) is 19.9 Å². The van der Waals surface area contributed by atoms with Gasteiger partial charge in [-0.15, -0.1) is 11.8 Å². The second-order valence-corrected chi connectivity index (χ2v) is 5.34. The molecule has 78 valence electrons. The molecule has 15 heavy (non-hydrogen) atoms. The molecule has 0 saturated heterocycles. The molecule has 0 aliphatic rings. The summed E-state index contributed by atoms with van der Waals surface area (Å²) in [6.45, 7) is 4.37. The lowest BCUT2D eigenvalue weighted by molar-refractivity contribution is 1.11. The van der Waals surface area contributed by atoms with Gasteiger partial charge in [-0.3, -0.25) is 4.98 Å². The number of aromatic nitrogens is 1. The molecule has 0 aliphatic heterocycles. The first-order chi connectivity index (χ1) is 7.18. The van der Waals surface area contributed by atoms with Crippen LogP contribution in [-0.4, -0.2) is 10.2 Å². The van der Waals surface area contributed by atoms with Gasteiger partial charge in [0.1, 0.15) is 0 Å². The van der Waals surface area contributed by atoms with Gasteiger partial charge in [0.25, 0.3) is 0 Å². The summed E-state index contributed by atoms with van der Waals surface area (Å²) in [6, 6.07) is 8.03. The molecular weight excluding hydrogens is 204 g/mol. The van der Waals surface area contributed by atoms with Gasteiger partial charge in [0, 0.05) is 21.7 Å². The van der Waals surface area contributed by atoms with Crippen LogP contribution >= 0.6 is 11.8 Å². The quantitative estimate of drug-likeness (QED) is 0.621. The van der Waals surface area contributed by atoms with Crippen molar-refractivity contribution < 1.29 is 0 Å². The molecule has 0 radical (unpaired) electrons. The molecule has 0 saturated carbocycles. The summed E-state index contributed by atoms with van der Waals surface area (Å²) in [5.74, 6) is 0. The largest absolute Gasteiger partial charge is 0.397 e. The van der Waals surface area contributed by atoms with E-state index in [1.54, 1.807) is 6.20 Å². The van der Waals surface area contributed by atoms with Gasteiger partial charge in [0.05, 0.1) is 11.2 Å². The number of fused-ring (bicyclic) bond motifs is 1. The van der Waals surface area contributed by atoms with E-state index in [0.717, 1.165) is 16.6 Å². The number of nitrogen functional groups attached to an aromatic ring is 1. The topological polar surface area (TPSA) is 38.9 Å². The molecule has 3 heteroatoms. The van der Waals surface area contributed by atoms with Gasteiger partial charge in [-0.05, 0) is 18.2 Å². The fourth-order valence-corrected chi connectivity index (χ4v) is 2.47. The fourth-order valence-electron chi connectivity index (χ4n) is 1.53. The van der Waals surface area contributed by atoms with E-state index < -0.39 is 0 Å². The molecule has 1 aromatic heterocycles. The van der Waals surface area contributed by atoms with Gasteiger partial charge >= 0.3 is 0 Å². The molecular formula is C12H14N2S. The van der Waals surface area contributed by atoms with Crippen LogP contribution in [0.15, 0.2) is 35.4 Å². The summed E-state index contributed by atoms with van der Waals surface area (Å²) in [5, 5.41) is 1.72. The van der Waals surface area contributed by atoms with Crippen LogP contribution in [0.2, 0.25) is 0 Å². The molecule has 1 heterocycles. The second-order valence-electron chi connectivity index (χ2n) is 3.72. The zero-order valence-corrected chi connectivity index (χ0v) is 9.71. The Kier molecular flexibility index (Phi) is 2.82. The third-order valence-corrected chi connectivity index (χ3v) is 3.20. The zero-order chi connectivity index (χ0) is 10.8. The summed E-state index contributed by atoms with van der Waals surface area (Å²) in [5.41, 5.74) is 7.54. The van der Waals surface area contributed by atoms with E-state index in [-0.39, 0.29) is 0 Å². The summed E-state index contributed by atoms with van der Waals surface area (Å²) in [6.07, 6.45) is 1.78. The highest BCUT2D eigenvalue weighted by atomic mass is 32.2. The van der Waals surface area contributed by atoms with E-state index in [9.17, 15) is 0 Å². The first-order valence-electron chi connectivity index (χ1n) is 4.98. The number of pyridine rings is 1. The molecule has 2 N–H and O–H groups in total. The Labute approximate surface area is 93.9 Å². The van der Waals surface area contributed by atoms with Gasteiger partial charge in [0.2, 0.25) is 0 Å². The Hall–Kier alpha value is -1.22. The number of hydrogen-bond donors (Lipinski definition) is 1. The van der Waals surface area contributed by atoms with Crippen LogP contribution in [0.25, 0.3) is 10.9 Å². The van der Waals surface area contributed by atoms with Crippen molar-refractivity contribution in [3.63, 3.8) is 0 Å². The van der Waals surface area contributed by atoms with Crippen molar-refractivity contribution in [1.29, 1.82) is 0 Å². The summed E-state index contributed by atoms with van der Waals surface area (Å²) >= 11 is 1.84. The molecule has 0 unspecified atom stereocenters. The maximum atomic E-state index is 5.88. The minimum Gasteiger partial charge on any atom is -0.397 e. The number of benzene rings is 1. The highest BCUT2D eigenvalue weighted by Crippen LogP contribution is 2.32. The zero-order valence-electron chi connectivity index (χ0n) is 8.90. The molecule has 0 fully saturated rings. The van der Waals surface area contributed by atoms with Crippen molar-refractivity contribution in [2.24, 2.45) is 0 Å². The van der Waals surface area contributed by atoms with Crippen molar-refractivity contribution in [2.75, 3.05) is 5.73 Å². The summed E-state index contributed by atoms with van der Waals surface area (Å²) < 4.78 is 0. The fraction of sp³-hybridized carbons (Fsp3) is 0.250. The van der Waals surface area contributed by atoms with Crippen molar-refractivity contribution in [2.45, 2.75) is 24.0 Å². The third kappa shape index (κ3) is 2.07. The van der Waals surface area contributed by atoms with Crippen LogP contribution in [0, 0.1) is 0 Å². The molecule has 0 aliphatic carbocycles. The molecule has 0 atom stereocenters. The minimum absolute atomic E-state index is 0.567. The third-order valence-electron chi connectivity index (χ3n) is 2.12. The van der Waals surface area contributed by atoms with Gasteiger partial charge < -0.3 is 5.73 Å². The van der Waals surface area contributed by atoms with Crippen LogP contribution in [0.3, 0.4) is 0 Å². The number of nitrogens with zero attached hydrogens (tertiary/aromatic N) is 1. The highest BCUT2D eigenvalue weighted by molar-refractivity contribution is 8.00. The Morgan fingerprint density at radius 1 is 1.27 bits per heavy atom. The summed E-state index contributed by atoms with van der Waals surface area (Å²) in [7, 11) is 0. The van der Waals surface area contributed by atoms with Crippen LogP contribution in [0.1, 0.15) is 13.8 Å². The maximum Gasteiger partial charge on any atom is 0.0942 e. The van der Waals surface area contributed by atoms with Crippen LogP contribution in [-0.2, 0) is 0 Å². The second kappa shape index (κ2) is 4.11. The number of anilines is 1. The van der Waals surface area contributed by atoms with E-state index in [4.69, 9.17) is 5.73 Å². The number of nitrogens with two attached hydrogens (primary N) is 1. The van der Waals surface area contributed by atoms with Crippen molar-refractivity contribution >= 4 is 28.4 Å². The van der Waals surface area contributed by atoms with Crippen LogP contribution < -0.4 is 5.73 Å². The molecule has 0 spiro atoms. The monoisotopic (exact) mass is 218 g/mol. The molecule has 0 amide bonds. The van der Waals surface area contributed by atoms with E-state index in [2.05, 4.69) is 31.0 Å². The van der Waals surface area contributed by atoms with E-state index in [1.165, 1.54) is 4.90 Å². The average molecular weight is 218 g/mol. The Morgan fingerprint density at radius 3 is 2.80 bits per heavy atom. The lowest BCUT2D eigenvalue weighted by Crippen LogP contribution is -1.92. The first-order valence-corrected chi connectivity index (χ1v) is 5.86. The van der Waals surface area contributed by atoms with E-state index >= 15 is 0 Å². The Bertz CT molecular complexity index is 480. The molecule has 2 nitrogen and oxygen atoms in total. The average Bonchev–Trinajstić information content (AvgIpc) is 2.22. The molecule has 2 aromatic rings. The number of thioether (sulfide) groups is 1. The Balaban J connectivity index is 2.61. The summed E-state index contributed by atoms with van der Waals surface area (Å²) in [4.78, 5) is 5.56. The standard InChI is InChI=1S/C12H14N2S/c1-8(2)15-11-6-5-10(13)12-9(11)4-3-7-14-12/h3-8H,13H2,1-2H3. The molecule has 0 bridgehead atoms. The maximum absolute atomic E-state index is 5.88. The van der Waals surface area contributed by atoms with Crippen molar-refractivity contribution in [3.8, 4) is 0 Å². The van der Waals surface area contributed by atoms with Gasteiger partial charge in [0.15, 0.2) is 0 Å². The van der Waals surface area contributed by atoms with Crippen LogP contribution in [0.5, 0.6) is 0 Å². The van der Waals surface area contributed by atoms with Crippen molar-refractivity contribution in [1.82, 2.24) is 4.98 Å². The number of rotatable bonds is 2. The predicted molar refractivity (Wildman–Crippen MR) is 67.1 cm³/mol. The smallest absolute Gasteiger partial charge is 0.0942 e. The molecule has 2 rings (SSSR count). The lowest BCUT2D eigenvalue weighted by Gasteiger charge is -2.09. The van der Waals surface area contributed by atoms with Gasteiger partial charge in [-0.2, -0.15) is 0 Å². The SMILES string of the molecule is CC(C)Sc1ccc(N)c2ncccc12. The van der Waals surface area contributed by atoms with Gasteiger partial charge in [-0.25, -0.2) is 0 Å². The number of hydrogen-bond acceptors (Lipinski definition) is 3. The minimum atomic E-state index is 0.567. The van der Waals surface area contributed by atoms with Crippen LogP contribution in [0.4, 0.5) is 5.69 Å². The van der Waals surface area contributed by atoms with E-state index in [1.807, 2.05) is 23.9 Å².